The number of nitrogens with zero attached hydrogens (tertiary/aromatic N) is 1. The van der Waals surface area contributed by atoms with Gasteiger partial charge < -0.3 is 18.9 Å². The zero-order chi connectivity index (χ0) is 30.2. The standard InChI is InChI=1S/C27H23NO10S3/c1-10-8-11-13-20(26(2,3)28-15(11)12(9-10)16(29)21(28)30)39-17(23(32)36-5)14(22(31)35-4)27(13)40-18(24(33)37-6)19(41-27)25(34)38-7/h8-9H,1-7H3. The van der Waals surface area contributed by atoms with E-state index in [4.69, 9.17) is 18.9 Å². The van der Waals surface area contributed by atoms with Crippen molar-refractivity contribution in [3.05, 3.63) is 54.0 Å². The summed E-state index contributed by atoms with van der Waals surface area (Å²) in [4.78, 5) is 80.8. The highest BCUT2D eigenvalue weighted by Crippen LogP contribution is 2.71. The molecule has 4 aliphatic heterocycles. The number of methoxy groups -OCH3 is 4. The number of fused-ring (bicyclic) bond motifs is 2. The number of carbonyl (C=O) groups excluding carboxylic acids is 6. The predicted octanol–water partition coefficient (Wildman–Crippen LogP) is 3.11. The Morgan fingerprint density at radius 3 is 1.76 bits per heavy atom. The molecular formula is C27H23NO10S3. The number of thioether (sulfide) groups is 3. The number of esters is 4. The van der Waals surface area contributed by atoms with E-state index in [0.717, 1.165) is 63.7 Å². The zero-order valence-electron chi connectivity index (χ0n) is 22.9. The molecule has 11 nitrogen and oxygen atoms in total. The summed E-state index contributed by atoms with van der Waals surface area (Å²) in [7, 11) is 4.57. The Morgan fingerprint density at radius 2 is 1.24 bits per heavy atom. The van der Waals surface area contributed by atoms with Gasteiger partial charge in [-0.15, -0.1) is 0 Å². The fourth-order valence-corrected chi connectivity index (χ4v) is 10.4. The van der Waals surface area contributed by atoms with Crippen LogP contribution in [0.15, 0.2) is 37.3 Å². The molecule has 5 rings (SSSR count). The van der Waals surface area contributed by atoms with Gasteiger partial charge in [0.25, 0.3) is 11.7 Å². The summed E-state index contributed by atoms with van der Waals surface area (Å²) in [6.45, 7) is 5.18. The maximum atomic E-state index is 13.6. The normalized spacial score (nSPS) is 19.8. The van der Waals surface area contributed by atoms with E-state index in [2.05, 4.69) is 0 Å². The Bertz CT molecular complexity index is 1590. The lowest BCUT2D eigenvalue weighted by Gasteiger charge is -2.49. The van der Waals surface area contributed by atoms with E-state index in [1.807, 2.05) is 0 Å². The van der Waals surface area contributed by atoms with Gasteiger partial charge in [-0.2, -0.15) is 0 Å². The molecule has 0 unspecified atom stereocenters. The van der Waals surface area contributed by atoms with E-state index in [1.54, 1.807) is 32.9 Å². The number of ketones is 1. The fraction of sp³-hybridized carbons (Fsp3) is 0.333. The lowest BCUT2D eigenvalue weighted by Crippen LogP contribution is -2.52. The number of benzene rings is 1. The van der Waals surface area contributed by atoms with Crippen LogP contribution in [0.3, 0.4) is 0 Å². The van der Waals surface area contributed by atoms with Crippen molar-refractivity contribution in [3.8, 4) is 0 Å². The molecule has 0 atom stereocenters. The molecule has 4 aliphatic rings. The highest BCUT2D eigenvalue weighted by molar-refractivity contribution is 8.26. The minimum Gasteiger partial charge on any atom is -0.466 e. The van der Waals surface area contributed by atoms with Crippen molar-refractivity contribution in [2.75, 3.05) is 33.3 Å². The van der Waals surface area contributed by atoms with E-state index in [-0.39, 0.29) is 25.9 Å². The highest BCUT2D eigenvalue weighted by Gasteiger charge is 2.63. The Morgan fingerprint density at radius 1 is 0.756 bits per heavy atom. The first kappa shape index (κ1) is 29.0. The number of Topliss-reactive ketones (excluding diaryl/α,β-unsaturated/α-hetero) is 1. The second-order valence-electron chi connectivity index (χ2n) is 9.69. The molecule has 4 heterocycles. The Kier molecular flexibility index (Phi) is 6.94. The van der Waals surface area contributed by atoms with E-state index >= 15 is 0 Å². The first-order valence-corrected chi connectivity index (χ1v) is 14.4. The van der Waals surface area contributed by atoms with Crippen LogP contribution in [0.2, 0.25) is 0 Å². The third-order valence-electron chi connectivity index (χ3n) is 7.02. The van der Waals surface area contributed by atoms with E-state index < -0.39 is 45.2 Å². The molecule has 0 bridgehead atoms. The van der Waals surface area contributed by atoms with Crippen molar-refractivity contribution in [1.29, 1.82) is 0 Å². The van der Waals surface area contributed by atoms with Gasteiger partial charge in [0.05, 0.1) is 50.8 Å². The molecule has 0 fully saturated rings. The molecule has 0 aliphatic carbocycles. The molecule has 0 saturated heterocycles. The molecule has 1 aromatic carbocycles. The van der Waals surface area contributed by atoms with Gasteiger partial charge in [0.1, 0.15) is 18.8 Å². The maximum absolute atomic E-state index is 13.6. The molecular weight excluding hydrogens is 594 g/mol. The molecule has 0 radical (unpaired) electrons. The van der Waals surface area contributed by atoms with Gasteiger partial charge in [-0.3, -0.25) is 14.5 Å². The van der Waals surface area contributed by atoms with Crippen LogP contribution in [0.4, 0.5) is 5.69 Å². The summed E-state index contributed by atoms with van der Waals surface area (Å²) in [5, 5.41) is 0. The minimum atomic E-state index is -1.69. The van der Waals surface area contributed by atoms with Gasteiger partial charge >= 0.3 is 23.9 Å². The molecule has 0 N–H and O–H groups in total. The number of ether oxygens (including phenoxy) is 4. The summed E-state index contributed by atoms with van der Waals surface area (Å²) in [5.74, 6) is -4.93. The lowest BCUT2D eigenvalue weighted by atomic mass is 9.83. The minimum absolute atomic E-state index is 0.148. The summed E-state index contributed by atoms with van der Waals surface area (Å²) in [6, 6.07) is 3.38. The summed E-state index contributed by atoms with van der Waals surface area (Å²) >= 11 is 2.57. The molecule has 41 heavy (non-hydrogen) atoms. The average Bonchev–Trinajstić information content (AvgIpc) is 3.46. The summed E-state index contributed by atoms with van der Waals surface area (Å²) in [6.07, 6.45) is 0. The molecule has 0 aromatic heterocycles. The zero-order valence-corrected chi connectivity index (χ0v) is 25.4. The van der Waals surface area contributed by atoms with Crippen molar-refractivity contribution in [2.24, 2.45) is 0 Å². The second kappa shape index (κ2) is 9.81. The summed E-state index contributed by atoms with van der Waals surface area (Å²) in [5.41, 5.74) is 0.645. The van der Waals surface area contributed by atoms with Crippen LogP contribution in [0.5, 0.6) is 0 Å². The van der Waals surface area contributed by atoms with Crippen LogP contribution in [0.25, 0.3) is 5.57 Å². The monoisotopic (exact) mass is 617 g/mol. The number of rotatable bonds is 4. The van der Waals surface area contributed by atoms with Gasteiger partial charge in [0.2, 0.25) is 0 Å². The quantitative estimate of drug-likeness (QED) is 0.278. The predicted molar refractivity (Wildman–Crippen MR) is 152 cm³/mol. The Balaban J connectivity index is 1.94. The van der Waals surface area contributed by atoms with Gasteiger partial charge in [-0.05, 0) is 38.5 Å². The number of amides is 1. The third kappa shape index (κ3) is 3.83. The second-order valence-corrected chi connectivity index (χ2v) is 13.4. The highest BCUT2D eigenvalue weighted by atomic mass is 32.2. The summed E-state index contributed by atoms with van der Waals surface area (Å²) < 4.78 is 18.4. The molecule has 1 spiro atoms. The van der Waals surface area contributed by atoms with Crippen LogP contribution in [-0.2, 0) is 42.9 Å². The van der Waals surface area contributed by atoms with E-state index in [0.29, 0.717) is 27.3 Å². The SMILES string of the molecule is COC(=O)C1=C(C(=O)OC)SC2(S1)C(C(=O)OC)=C(C(=O)OC)SC1=C2c2cc(C)cc3c2N(C(=O)C3=O)C1(C)C. The Hall–Kier alpha value is -3.49. The largest absolute Gasteiger partial charge is 0.466 e. The molecule has 1 aromatic rings. The van der Waals surface area contributed by atoms with Crippen molar-refractivity contribution >= 4 is 82.1 Å². The molecule has 0 saturated carbocycles. The van der Waals surface area contributed by atoms with Gasteiger partial charge in [-0.25, -0.2) is 19.2 Å². The van der Waals surface area contributed by atoms with Gasteiger partial charge in [0, 0.05) is 16.0 Å². The maximum Gasteiger partial charge on any atom is 0.345 e. The lowest BCUT2D eigenvalue weighted by molar-refractivity contribution is -0.138. The average molecular weight is 618 g/mol. The van der Waals surface area contributed by atoms with Gasteiger partial charge in [-0.1, -0.05) is 35.3 Å². The van der Waals surface area contributed by atoms with Crippen LogP contribution < -0.4 is 4.90 Å². The van der Waals surface area contributed by atoms with Crippen molar-refractivity contribution in [3.63, 3.8) is 0 Å². The molecule has 214 valence electrons. The smallest absolute Gasteiger partial charge is 0.345 e. The fourth-order valence-electron chi connectivity index (χ4n) is 5.32. The van der Waals surface area contributed by atoms with Crippen LogP contribution in [-0.4, -0.2) is 73.6 Å². The van der Waals surface area contributed by atoms with Gasteiger partial charge in [0.15, 0.2) is 0 Å². The van der Waals surface area contributed by atoms with Crippen LogP contribution >= 0.6 is 35.3 Å². The third-order valence-corrected chi connectivity index (χ3v) is 11.7. The first-order valence-electron chi connectivity index (χ1n) is 12.0. The topological polar surface area (TPSA) is 143 Å². The van der Waals surface area contributed by atoms with E-state index in [1.165, 1.54) is 4.90 Å². The number of anilines is 1. The van der Waals surface area contributed by atoms with Crippen LogP contribution in [0, 0.1) is 6.92 Å². The van der Waals surface area contributed by atoms with Crippen molar-refractivity contribution in [1.82, 2.24) is 0 Å². The number of aryl methyl sites for hydroxylation is 1. The Labute approximate surface area is 247 Å². The van der Waals surface area contributed by atoms with Crippen molar-refractivity contribution < 1.29 is 47.7 Å². The van der Waals surface area contributed by atoms with Crippen LogP contribution in [0.1, 0.15) is 35.3 Å². The van der Waals surface area contributed by atoms with Crippen molar-refractivity contribution in [2.45, 2.75) is 30.4 Å². The first-order chi connectivity index (χ1) is 19.3. The number of hydrogen-bond acceptors (Lipinski definition) is 13. The molecule has 14 heteroatoms. The number of hydrogen-bond donors (Lipinski definition) is 0. The van der Waals surface area contributed by atoms with E-state index in [9.17, 15) is 28.8 Å². The number of carbonyl (C=O) groups is 6. The molecule has 1 amide bonds.